The minimum atomic E-state index is -4.94. The Morgan fingerprint density at radius 3 is 1.11 bits per heavy atom. The molecule has 0 N–H and O–H groups in total. The van der Waals surface area contributed by atoms with Gasteiger partial charge in [-0.2, -0.15) is 8.80 Å². The van der Waals surface area contributed by atoms with Crippen molar-refractivity contribution in [2.75, 3.05) is 0 Å². The third kappa shape index (κ3) is 9.31. The van der Waals surface area contributed by atoms with Gasteiger partial charge in [0.1, 0.15) is 0 Å². The van der Waals surface area contributed by atoms with Crippen LogP contribution in [0.15, 0.2) is 109 Å². The lowest BCUT2D eigenvalue weighted by molar-refractivity contribution is -2.00. The molecule has 46 heavy (non-hydrogen) atoms. The SMILES string of the molecule is Cc1c(-c2ccccc2)[n+](CCCC[n+]2c(-c3ccccc3)c(C)n3ccccc32)c2ccccn12.[O-][Cl+3]([O-])([O-])[O-].[O-][Cl+3]([O-])([O-])[O-]. The highest BCUT2D eigenvalue weighted by molar-refractivity contribution is 5.62. The van der Waals surface area contributed by atoms with E-state index >= 15 is 0 Å². The smallest absolute Gasteiger partial charge is 0.223 e. The Morgan fingerprint density at radius 1 is 0.478 bits per heavy atom. The molecule has 0 unspecified atom stereocenters. The van der Waals surface area contributed by atoms with Gasteiger partial charge in [-0.25, -0.2) is 46.4 Å². The van der Waals surface area contributed by atoms with Crippen LogP contribution in [0, 0.1) is 34.3 Å². The van der Waals surface area contributed by atoms with Gasteiger partial charge in [-0.1, -0.05) is 72.8 Å². The molecule has 0 saturated heterocycles. The summed E-state index contributed by atoms with van der Waals surface area (Å²) in [5.41, 5.74) is 10.2. The minimum Gasteiger partial charge on any atom is -0.223 e. The van der Waals surface area contributed by atoms with E-state index in [1.807, 2.05) is 0 Å². The van der Waals surface area contributed by atoms with Gasteiger partial charge in [0, 0.05) is 37.1 Å². The van der Waals surface area contributed by atoms with Crippen LogP contribution >= 0.6 is 0 Å². The zero-order valence-corrected chi connectivity index (χ0v) is 26.5. The molecule has 0 aliphatic carbocycles. The van der Waals surface area contributed by atoms with E-state index in [0.717, 1.165) is 25.9 Å². The molecule has 2 aromatic carbocycles. The lowest BCUT2D eigenvalue weighted by atomic mass is 10.1. The summed E-state index contributed by atoms with van der Waals surface area (Å²) in [5.74, 6) is 0. The lowest BCUT2D eigenvalue weighted by Gasteiger charge is -2.17. The highest BCUT2D eigenvalue weighted by atomic mass is 35.7. The maximum absolute atomic E-state index is 8.49. The zero-order chi connectivity index (χ0) is 33.5. The van der Waals surface area contributed by atoms with Crippen molar-refractivity contribution in [2.45, 2.75) is 39.8 Å². The van der Waals surface area contributed by atoms with Gasteiger partial charge in [0.05, 0.1) is 25.5 Å². The van der Waals surface area contributed by atoms with E-state index in [1.54, 1.807) is 0 Å². The van der Waals surface area contributed by atoms with Crippen molar-refractivity contribution < 1.29 is 66.9 Å². The van der Waals surface area contributed by atoms with Crippen LogP contribution in [0.4, 0.5) is 0 Å². The number of benzene rings is 2. The Kier molecular flexibility index (Phi) is 11.5. The summed E-state index contributed by atoms with van der Waals surface area (Å²) in [6.45, 7) is 6.42. The number of fused-ring (bicyclic) bond motifs is 2. The van der Waals surface area contributed by atoms with Crippen LogP contribution in [0.5, 0.6) is 0 Å². The first kappa shape index (κ1) is 34.9. The maximum Gasteiger partial charge on any atom is 0.286 e. The lowest BCUT2D eigenvalue weighted by Crippen LogP contribution is -2.68. The molecule has 14 heteroatoms. The van der Waals surface area contributed by atoms with E-state index in [9.17, 15) is 0 Å². The van der Waals surface area contributed by atoms with Crippen molar-refractivity contribution in [1.29, 1.82) is 0 Å². The molecule has 0 aliphatic rings. The molecule has 4 aromatic heterocycles. The number of hydrogen-bond acceptors (Lipinski definition) is 8. The van der Waals surface area contributed by atoms with Gasteiger partial charge in [-0.15, -0.1) is 20.5 Å². The molecule has 4 heterocycles. The van der Waals surface area contributed by atoms with Crippen molar-refractivity contribution in [1.82, 2.24) is 8.80 Å². The van der Waals surface area contributed by atoms with Crippen molar-refractivity contribution >= 4 is 11.3 Å². The Hall–Kier alpha value is -3.92. The Balaban J connectivity index is 0.000000421. The highest BCUT2D eigenvalue weighted by Crippen LogP contribution is 2.24. The standard InChI is InChI=1S/C32H32N4.2ClHO4/c1-25-31(27-15-5-3-6-16-27)35(29-19-9-11-21-33(25)29)23-13-14-24-36-30-20-10-12-22-34(30)26(2)32(36)28-17-7-4-8-18-28;2*2-1(3,4)5/h3-12,15-22H,13-14,23-24H2,1-2H3;2*(H,2,3,4,5)/q+2;;/p-2. The maximum atomic E-state index is 8.49. The minimum absolute atomic E-state index is 0.984. The Labute approximate surface area is 269 Å². The van der Waals surface area contributed by atoms with Gasteiger partial charge in [0.2, 0.25) is 0 Å². The number of hydrogen-bond donors (Lipinski definition) is 0. The van der Waals surface area contributed by atoms with E-state index in [1.165, 1.54) is 45.2 Å². The van der Waals surface area contributed by atoms with Crippen molar-refractivity contribution in [3.63, 3.8) is 0 Å². The number of nitrogens with zero attached hydrogens (tertiary/aromatic N) is 4. The monoisotopic (exact) mass is 670 g/mol. The molecule has 242 valence electrons. The van der Waals surface area contributed by atoms with E-state index < -0.39 is 20.5 Å². The third-order valence-electron chi connectivity index (χ3n) is 7.29. The van der Waals surface area contributed by atoms with Crippen LogP contribution < -0.4 is 46.4 Å². The second-order valence-electron chi connectivity index (χ2n) is 10.2. The molecule has 0 saturated carbocycles. The number of halogens is 2. The first-order valence-corrected chi connectivity index (χ1v) is 16.5. The van der Waals surface area contributed by atoms with E-state index in [4.69, 9.17) is 37.3 Å². The van der Waals surface area contributed by atoms with Gasteiger partial charge in [0.15, 0.2) is 22.8 Å². The van der Waals surface area contributed by atoms with Crippen molar-refractivity contribution in [3.05, 3.63) is 121 Å². The molecule has 0 amide bonds. The second kappa shape index (κ2) is 15.1. The third-order valence-corrected chi connectivity index (χ3v) is 7.29. The van der Waals surface area contributed by atoms with Gasteiger partial charge in [0.25, 0.3) is 11.3 Å². The number of aryl methyl sites for hydroxylation is 4. The topological polar surface area (TPSA) is 201 Å². The fourth-order valence-corrected chi connectivity index (χ4v) is 5.64. The van der Waals surface area contributed by atoms with Gasteiger partial charge >= 0.3 is 0 Å². The molecule has 0 radical (unpaired) electrons. The quantitative estimate of drug-likeness (QED) is 0.124. The number of unbranched alkanes of at least 4 members (excludes halogenated alkanes) is 1. The van der Waals surface area contributed by atoms with Crippen molar-refractivity contribution in [3.8, 4) is 22.5 Å². The average molecular weight is 672 g/mol. The molecule has 0 fully saturated rings. The summed E-state index contributed by atoms with van der Waals surface area (Å²) in [6, 6.07) is 34.5. The van der Waals surface area contributed by atoms with Crippen molar-refractivity contribution in [2.24, 2.45) is 0 Å². The van der Waals surface area contributed by atoms with Crippen LogP contribution in [0.2, 0.25) is 0 Å². The molecule has 0 aliphatic heterocycles. The summed E-state index contributed by atoms with van der Waals surface area (Å²) in [7, 11) is -9.89. The van der Waals surface area contributed by atoms with Crippen LogP contribution in [0.1, 0.15) is 24.2 Å². The van der Waals surface area contributed by atoms with E-state index in [-0.39, 0.29) is 0 Å². The molecule has 0 atom stereocenters. The zero-order valence-electron chi connectivity index (χ0n) is 25.0. The van der Waals surface area contributed by atoms with Gasteiger partial charge in [-0.3, -0.25) is 0 Å². The normalized spacial score (nSPS) is 11.6. The largest absolute Gasteiger partial charge is 0.286 e. The predicted molar refractivity (Wildman–Crippen MR) is 145 cm³/mol. The highest BCUT2D eigenvalue weighted by Gasteiger charge is 2.25. The average Bonchev–Trinajstić information content (AvgIpc) is 3.45. The molecular formula is C32H32Cl2N4O8. The predicted octanol–water partition coefficient (Wildman–Crippen LogP) is -3.31. The van der Waals surface area contributed by atoms with Crippen LogP contribution in [0.25, 0.3) is 33.8 Å². The first-order valence-electron chi connectivity index (χ1n) is 14.1. The summed E-state index contributed by atoms with van der Waals surface area (Å²) >= 11 is 0. The molecule has 12 nitrogen and oxygen atoms in total. The number of pyridine rings is 2. The summed E-state index contributed by atoms with van der Waals surface area (Å²) in [5, 5.41) is 0. The molecule has 0 bridgehead atoms. The molecular weight excluding hydrogens is 639 g/mol. The van der Waals surface area contributed by atoms with Crippen LogP contribution in [0.3, 0.4) is 0 Å². The number of rotatable bonds is 7. The molecule has 6 rings (SSSR count). The fraction of sp³-hybridized carbons (Fsp3) is 0.188. The summed E-state index contributed by atoms with van der Waals surface area (Å²) in [4.78, 5) is 0. The van der Waals surface area contributed by atoms with Gasteiger partial charge < -0.3 is 0 Å². The fourth-order valence-electron chi connectivity index (χ4n) is 5.64. The van der Waals surface area contributed by atoms with E-state index in [0.29, 0.717) is 0 Å². The summed E-state index contributed by atoms with van der Waals surface area (Å²) in [6.07, 6.45) is 6.54. The Morgan fingerprint density at radius 2 is 0.783 bits per heavy atom. The number of imidazole rings is 2. The molecule has 6 aromatic rings. The van der Waals surface area contributed by atoms with Crippen LogP contribution in [-0.2, 0) is 13.1 Å². The summed E-state index contributed by atoms with van der Waals surface area (Å²) < 4.78 is 77.6. The first-order chi connectivity index (χ1) is 21.7. The Bertz CT molecular complexity index is 1720. The van der Waals surface area contributed by atoms with E-state index in [2.05, 4.69) is 141 Å². The number of aromatic nitrogens is 4. The molecule has 0 spiro atoms. The van der Waals surface area contributed by atoms with Crippen LogP contribution in [-0.4, -0.2) is 8.80 Å². The second-order valence-corrected chi connectivity index (χ2v) is 11.7. The van der Waals surface area contributed by atoms with Gasteiger partial charge in [-0.05, 0) is 25.0 Å².